The SMILES string of the molecule is Cc1ccccc1Oc1cnn(CC(C)O)c1. The molecule has 0 aliphatic rings. The molecule has 17 heavy (non-hydrogen) atoms. The van der Waals surface area contributed by atoms with Crippen LogP contribution < -0.4 is 4.74 Å². The van der Waals surface area contributed by atoms with E-state index in [2.05, 4.69) is 5.10 Å². The van der Waals surface area contributed by atoms with Gasteiger partial charge in [-0.25, -0.2) is 0 Å². The van der Waals surface area contributed by atoms with Gasteiger partial charge in [0.15, 0.2) is 5.75 Å². The van der Waals surface area contributed by atoms with Gasteiger partial charge >= 0.3 is 0 Å². The minimum absolute atomic E-state index is 0.416. The van der Waals surface area contributed by atoms with Crippen molar-refractivity contribution in [2.75, 3.05) is 0 Å². The van der Waals surface area contributed by atoms with E-state index < -0.39 is 6.10 Å². The summed E-state index contributed by atoms with van der Waals surface area (Å²) < 4.78 is 7.37. The summed E-state index contributed by atoms with van der Waals surface area (Å²) in [7, 11) is 0. The molecule has 1 atom stereocenters. The molecule has 1 N–H and O–H groups in total. The second kappa shape index (κ2) is 5.01. The Morgan fingerprint density at radius 2 is 2.18 bits per heavy atom. The number of aliphatic hydroxyl groups is 1. The van der Waals surface area contributed by atoms with Gasteiger partial charge in [-0.05, 0) is 25.5 Å². The van der Waals surface area contributed by atoms with Crippen LogP contribution in [0.5, 0.6) is 11.5 Å². The van der Waals surface area contributed by atoms with Crippen molar-refractivity contribution in [2.24, 2.45) is 0 Å². The van der Waals surface area contributed by atoms with E-state index in [4.69, 9.17) is 4.74 Å². The van der Waals surface area contributed by atoms with Gasteiger partial charge < -0.3 is 9.84 Å². The summed E-state index contributed by atoms with van der Waals surface area (Å²) in [4.78, 5) is 0. The Bertz CT molecular complexity index is 492. The number of para-hydroxylation sites is 1. The third-order valence-corrected chi connectivity index (χ3v) is 2.38. The fraction of sp³-hybridized carbons (Fsp3) is 0.308. The summed E-state index contributed by atoms with van der Waals surface area (Å²) in [6.45, 7) is 4.19. The Balaban J connectivity index is 2.09. The molecule has 0 aliphatic carbocycles. The molecule has 0 bridgehead atoms. The number of aromatic nitrogens is 2. The Hall–Kier alpha value is -1.81. The van der Waals surface area contributed by atoms with E-state index in [1.807, 2.05) is 31.2 Å². The van der Waals surface area contributed by atoms with Crippen molar-refractivity contribution in [3.05, 3.63) is 42.2 Å². The zero-order valence-electron chi connectivity index (χ0n) is 10.00. The minimum atomic E-state index is -0.416. The van der Waals surface area contributed by atoms with Crippen molar-refractivity contribution in [2.45, 2.75) is 26.5 Å². The van der Waals surface area contributed by atoms with Crippen molar-refractivity contribution < 1.29 is 9.84 Å². The highest BCUT2D eigenvalue weighted by atomic mass is 16.5. The van der Waals surface area contributed by atoms with Gasteiger partial charge in [-0.2, -0.15) is 5.10 Å². The highest BCUT2D eigenvalue weighted by molar-refractivity contribution is 5.35. The molecule has 1 unspecified atom stereocenters. The molecule has 4 nitrogen and oxygen atoms in total. The molecule has 0 saturated heterocycles. The van der Waals surface area contributed by atoms with Crippen LogP contribution >= 0.6 is 0 Å². The van der Waals surface area contributed by atoms with Gasteiger partial charge in [0.25, 0.3) is 0 Å². The molecule has 0 saturated carbocycles. The fourth-order valence-corrected chi connectivity index (χ4v) is 1.57. The van der Waals surface area contributed by atoms with Crippen LogP contribution in [0.25, 0.3) is 0 Å². The standard InChI is InChI=1S/C13H16N2O2/c1-10-5-3-4-6-13(10)17-12-7-14-15(9-12)8-11(2)16/h3-7,9,11,16H,8H2,1-2H3. The van der Waals surface area contributed by atoms with Gasteiger partial charge in [0.05, 0.1) is 25.0 Å². The van der Waals surface area contributed by atoms with Crippen LogP contribution in [0.1, 0.15) is 12.5 Å². The van der Waals surface area contributed by atoms with Crippen molar-refractivity contribution in [1.29, 1.82) is 0 Å². The van der Waals surface area contributed by atoms with Gasteiger partial charge in [-0.1, -0.05) is 18.2 Å². The summed E-state index contributed by atoms with van der Waals surface area (Å²) in [5, 5.41) is 13.4. The van der Waals surface area contributed by atoms with Gasteiger partial charge in [0, 0.05) is 0 Å². The average Bonchev–Trinajstić information content (AvgIpc) is 2.68. The first-order valence-corrected chi connectivity index (χ1v) is 5.59. The number of hydrogen-bond donors (Lipinski definition) is 1. The summed E-state index contributed by atoms with van der Waals surface area (Å²) in [6, 6.07) is 7.82. The van der Waals surface area contributed by atoms with Crippen LogP contribution in [-0.2, 0) is 6.54 Å². The third kappa shape index (κ3) is 3.07. The van der Waals surface area contributed by atoms with Gasteiger partial charge in [0.1, 0.15) is 5.75 Å². The first-order valence-electron chi connectivity index (χ1n) is 5.59. The average molecular weight is 232 g/mol. The number of hydrogen-bond acceptors (Lipinski definition) is 3. The van der Waals surface area contributed by atoms with Crippen LogP contribution in [-0.4, -0.2) is 21.0 Å². The molecule has 90 valence electrons. The van der Waals surface area contributed by atoms with Crippen LogP contribution in [0.15, 0.2) is 36.7 Å². The van der Waals surface area contributed by atoms with Gasteiger partial charge in [-0.15, -0.1) is 0 Å². The van der Waals surface area contributed by atoms with E-state index in [0.717, 1.165) is 11.3 Å². The maximum Gasteiger partial charge on any atom is 0.165 e. The largest absolute Gasteiger partial charge is 0.454 e. The molecule has 1 aromatic heterocycles. The van der Waals surface area contributed by atoms with Crippen molar-refractivity contribution >= 4 is 0 Å². The Kier molecular flexibility index (Phi) is 3.44. The quantitative estimate of drug-likeness (QED) is 0.880. The van der Waals surface area contributed by atoms with E-state index >= 15 is 0 Å². The number of aryl methyl sites for hydroxylation is 1. The predicted molar refractivity (Wildman–Crippen MR) is 65.2 cm³/mol. The molecular weight excluding hydrogens is 216 g/mol. The highest BCUT2D eigenvalue weighted by Crippen LogP contribution is 2.23. The lowest BCUT2D eigenvalue weighted by Gasteiger charge is -2.05. The third-order valence-electron chi connectivity index (χ3n) is 2.38. The molecule has 0 radical (unpaired) electrons. The first-order chi connectivity index (χ1) is 8.15. The highest BCUT2D eigenvalue weighted by Gasteiger charge is 2.04. The molecular formula is C13H16N2O2. The van der Waals surface area contributed by atoms with Crippen molar-refractivity contribution in [3.8, 4) is 11.5 Å². The molecule has 0 fully saturated rings. The summed E-state index contributed by atoms with van der Waals surface area (Å²) in [6.07, 6.45) is 3.01. The number of aliphatic hydroxyl groups excluding tert-OH is 1. The maximum atomic E-state index is 9.25. The molecule has 1 heterocycles. The van der Waals surface area contributed by atoms with E-state index in [1.165, 1.54) is 0 Å². The molecule has 2 aromatic rings. The summed E-state index contributed by atoms with van der Waals surface area (Å²) >= 11 is 0. The molecule has 4 heteroatoms. The normalized spacial score (nSPS) is 12.4. The maximum absolute atomic E-state index is 9.25. The summed E-state index contributed by atoms with van der Waals surface area (Å²) in [5.41, 5.74) is 1.08. The van der Waals surface area contributed by atoms with Crippen LogP contribution in [0.3, 0.4) is 0 Å². The Morgan fingerprint density at radius 1 is 1.41 bits per heavy atom. The monoisotopic (exact) mass is 232 g/mol. The second-order valence-corrected chi connectivity index (χ2v) is 4.11. The van der Waals surface area contributed by atoms with Crippen molar-refractivity contribution in [1.82, 2.24) is 9.78 Å². The fourth-order valence-electron chi connectivity index (χ4n) is 1.57. The summed E-state index contributed by atoms with van der Waals surface area (Å²) in [5.74, 6) is 1.50. The van der Waals surface area contributed by atoms with Gasteiger partial charge in [0.2, 0.25) is 0 Å². The van der Waals surface area contributed by atoms with Gasteiger partial charge in [-0.3, -0.25) is 4.68 Å². The van der Waals surface area contributed by atoms with Crippen LogP contribution in [0.4, 0.5) is 0 Å². The zero-order chi connectivity index (χ0) is 12.3. The van der Waals surface area contributed by atoms with E-state index in [-0.39, 0.29) is 0 Å². The van der Waals surface area contributed by atoms with E-state index in [9.17, 15) is 5.11 Å². The molecule has 2 rings (SSSR count). The Morgan fingerprint density at radius 3 is 2.88 bits per heavy atom. The van der Waals surface area contributed by atoms with Crippen molar-refractivity contribution in [3.63, 3.8) is 0 Å². The Labute approximate surface area is 100 Å². The minimum Gasteiger partial charge on any atom is -0.454 e. The number of benzene rings is 1. The molecule has 0 amide bonds. The lowest BCUT2D eigenvalue weighted by Crippen LogP contribution is -2.11. The topological polar surface area (TPSA) is 47.3 Å². The van der Waals surface area contributed by atoms with E-state index in [0.29, 0.717) is 12.3 Å². The van der Waals surface area contributed by atoms with Crippen LogP contribution in [0, 0.1) is 6.92 Å². The molecule has 0 aliphatic heterocycles. The molecule has 0 spiro atoms. The lowest BCUT2D eigenvalue weighted by atomic mass is 10.2. The second-order valence-electron chi connectivity index (χ2n) is 4.11. The first kappa shape index (κ1) is 11.7. The van der Waals surface area contributed by atoms with E-state index in [1.54, 1.807) is 24.0 Å². The zero-order valence-corrected chi connectivity index (χ0v) is 10.00. The predicted octanol–water partition coefficient (Wildman–Crippen LogP) is 2.36. The number of rotatable bonds is 4. The molecule has 1 aromatic carbocycles. The number of ether oxygens (including phenoxy) is 1. The lowest BCUT2D eigenvalue weighted by molar-refractivity contribution is 0.168. The number of nitrogens with zero attached hydrogens (tertiary/aromatic N) is 2. The van der Waals surface area contributed by atoms with Crippen LogP contribution in [0.2, 0.25) is 0 Å². The smallest absolute Gasteiger partial charge is 0.165 e.